The Morgan fingerprint density at radius 2 is 0.829 bits per heavy atom. The highest BCUT2D eigenvalue weighted by Gasteiger charge is 2.17. The van der Waals surface area contributed by atoms with Gasteiger partial charge in [0.05, 0.1) is 21.2 Å². The largest absolute Gasteiger partial charge is 0.508 e. The molecular formula is C34H24N2O4S. The van der Waals surface area contributed by atoms with E-state index in [4.69, 9.17) is 0 Å². The van der Waals surface area contributed by atoms with Crippen molar-refractivity contribution in [1.29, 1.82) is 0 Å². The number of phenolic OH excluding ortho intramolecular Hbond substituents is 2. The number of sulfone groups is 1. The molecule has 0 saturated carbocycles. The molecule has 6 nitrogen and oxygen atoms in total. The van der Waals surface area contributed by atoms with Crippen LogP contribution in [0.1, 0.15) is 11.1 Å². The molecule has 2 N–H and O–H groups in total. The Morgan fingerprint density at radius 3 is 1.24 bits per heavy atom. The molecule has 0 unspecified atom stereocenters. The van der Waals surface area contributed by atoms with Crippen molar-refractivity contribution in [2.24, 2.45) is 9.98 Å². The molecule has 0 spiro atoms. The Morgan fingerprint density at radius 1 is 0.463 bits per heavy atom. The number of benzene rings is 6. The van der Waals surface area contributed by atoms with Crippen molar-refractivity contribution in [3.8, 4) is 11.5 Å². The number of hydrogen-bond donors (Lipinski definition) is 2. The molecule has 0 bridgehead atoms. The van der Waals surface area contributed by atoms with Gasteiger partial charge >= 0.3 is 0 Å². The zero-order valence-electron chi connectivity index (χ0n) is 21.7. The average molecular weight is 557 g/mol. The van der Waals surface area contributed by atoms with Gasteiger partial charge in [-0.05, 0) is 118 Å². The smallest absolute Gasteiger partial charge is 0.206 e. The molecule has 0 fully saturated rings. The van der Waals surface area contributed by atoms with Crippen molar-refractivity contribution >= 4 is 55.2 Å². The van der Waals surface area contributed by atoms with Crippen LogP contribution in [-0.4, -0.2) is 31.1 Å². The lowest BCUT2D eigenvalue weighted by molar-refractivity contribution is 0.475. The third-order valence-electron chi connectivity index (χ3n) is 6.72. The molecule has 6 aromatic carbocycles. The number of hydrogen-bond acceptors (Lipinski definition) is 6. The number of nitrogens with zero attached hydrogens (tertiary/aromatic N) is 2. The van der Waals surface area contributed by atoms with E-state index >= 15 is 0 Å². The standard InChI is InChI=1S/C34H24N2O4S/c37-31-11-5-25-17-23(1-3-27(25)19-31)21-35-29-7-13-33(14-8-29)41(39,40)34-15-9-30(10-16-34)36-22-24-2-4-28-20-32(38)12-6-26(28)18-24/h1-22,37-38H/b35-21+,36-22?. The molecule has 0 atom stereocenters. The molecule has 0 saturated heterocycles. The van der Waals surface area contributed by atoms with Gasteiger partial charge in [-0.3, -0.25) is 9.98 Å². The van der Waals surface area contributed by atoms with Crippen LogP contribution in [0, 0.1) is 0 Å². The second-order valence-electron chi connectivity index (χ2n) is 9.59. The number of phenols is 2. The molecule has 0 aromatic heterocycles. The normalized spacial score (nSPS) is 12.1. The molecule has 0 heterocycles. The number of aliphatic imine (C=N–C) groups is 2. The Kier molecular flexibility index (Phi) is 6.79. The minimum absolute atomic E-state index is 0.181. The first kappa shape index (κ1) is 26.0. The SMILES string of the molecule is O=S(=O)(c1ccc(N=Cc2ccc3cc(O)ccc3c2)cc1)c1ccc(/N=C/c2ccc3cc(O)ccc3c2)cc1. The monoisotopic (exact) mass is 556 g/mol. The van der Waals surface area contributed by atoms with Crippen molar-refractivity contribution in [3.05, 3.63) is 132 Å². The van der Waals surface area contributed by atoms with Gasteiger partial charge in [-0.2, -0.15) is 0 Å². The summed E-state index contributed by atoms with van der Waals surface area (Å²) in [5.41, 5.74) is 3.04. The molecule has 200 valence electrons. The maximum absolute atomic E-state index is 13.2. The fourth-order valence-corrected chi connectivity index (χ4v) is 5.78. The third-order valence-corrected chi connectivity index (χ3v) is 8.50. The molecule has 41 heavy (non-hydrogen) atoms. The van der Waals surface area contributed by atoms with Gasteiger partial charge in [0.25, 0.3) is 0 Å². The van der Waals surface area contributed by atoms with E-state index < -0.39 is 9.84 Å². The van der Waals surface area contributed by atoms with Crippen LogP contribution in [0.5, 0.6) is 11.5 Å². The van der Waals surface area contributed by atoms with Gasteiger partial charge in [0, 0.05) is 12.4 Å². The maximum Gasteiger partial charge on any atom is 0.206 e. The summed E-state index contributed by atoms with van der Waals surface area (Å²) >= 11 is 0. The summed E-state index contributed by atoms with van der Waals surface area (Å²) in [4.78, 5) is 9.32. The highest BCUT2D eigenvalue weighted by atomic mass is 32.2. The number of rotatable bonds is 6. The minimum atomic E-state index is -3.71. The summed E-state index contributed by atoms with van der Waals surface area (Å²) < 4.78 is 26.4. The summed E-state index contributed by atoms with van der Waals surface area (Å²) in [7, 11) is -3.71. The maximum atomic E-state index is 13.2. The molecule has 6 rings (SSSR count). The zero-order valence-corrected chi connectivity index (χ0v) is 22.5. The molecule has 6 aromatic rings. The van der Waals surface area contributed by atoms with Crippen LogP contribution in [0.4, 0.5) is 11.4 Å². The van der Waals surface area contributed by atoms with Gasteiger partial charge in [-0.25, -0.2) is 8.42 Å². The van der Waals surface area contributed by atoms with Crippen LogP contribution < -0.4 is 0 Å². The molecule has 0 amide bonds. The van der Waals surface area contributed by atoms with Crippen LogP contribution in [0.25, 0.3) is 21.5 Å². The number of fused-ring (bicyclic) bond motifs is 2. The third kappa shape index (κ3) is 5.71. The van der Waals surface area contributed by atoms with Crippen molar-refractivity contribution in [3.63, 3.8) is 0 Å². The van der Waals surface area contributed by atoms with Crippen molar-refractivity contribution in [1.82, 2.24) is 0 Å². The zero-order chi connectivity index (χ0) is 28.4. The Hall–Kier alpha value is -5.27. The van der Waals surface area contributed by atoms with E-state index in [0.717, 1.165) is 32.7 Å². The first-order valence-corrected chi connectivity index (χ1v) is 14.3. The van der Waals surface area contributed by atoms with E-state index in [0.29, 0.717) is 11.4 Å². The van der Waals surface area contributed by atoms with Crippen molar-refractivity contribution < 1.29 is 18.6 Å². The molecule has 7 heteroatoms. The second-order valence-corrected chi connectivity index (χ2v) is 11.5. The lowest BCUT2D eigenvalue weighted by Crippen LogP contribution is -2.01. The van der Waals surface area contributed by atoms with Crippen molar-refractivity contribution in [2.75, 3.05) is 0 Å². The van der Waals surface area contributed by atoms with Gasteiger partial charge in [-0.1, -0.05) is 36.4 Å². The van der Waals surface area contributed by atoms with Crippen molar-refractivity contribution in [2.45, 2.75) is 9.79 Å². The van der Waals surface area contributed by atoms with E-state index in [1.807, 2.05) is 48.5 Å². The fraction of sp³-hybridized carbons (Fsp3) is 0. The van der Waals surface area contributed by atoms with E-state index in [1.165, 1.54) is 0 Å². The lowest BCUT2D eigenvalue weighted by Gasteiger charge is -2.06. The van der Waals surface area contributed by atoms with E-state index in [-0.39, 0.29) is 21.3 Å². The molecule has 0 radical (unpaired) electrons. The Bertz CT molecular complexity index is 1920. The Labute approximate surface area is 237 Å². The molecule has 0 aliphatic carbocycles. The second kappa shape index (κ2) is 10.7. The predicted molar refractivity (Wildman–Crippen MR) is 164 cm³/mol. The lowest BCUT2D eigenvalue weighted by atomic mass is 10.1. The molecular weight excluding hydrogens is 532 g/mol. The van der Waals surface area contributed by atoms with Gasteiger partial charge in [-0.15, -0.1) is 0 Å². The highest BCUT2D eigenvalue weighted by molar-refractivity contribution is 7.91. The van der Waals surface area contributed by atoms with Crippen LogP contribution in [-0.2, 0) is 9.84 Å². The Balaban J connectivity index is 1.15. The highest BCUT2D eigenvalue weighted by Crippen LogP contribution is 2.26. The first-order valence-electron chi connectivity index (χ1n) is 12.8. The topological polar surface area (TPSA) is 99.3 Å². The van der Waals surface area contributed by atoms with Crippen LogP contribution in [0.3, 0.4) is 0 Å². The van der Waals surface area contributed by atoms with Crippen LogP contribution >= 0.6 is 0 Å². The van der Waals surface area contributed by atoms with Gasteiger partial charge < -0.3 is 10.2 Å². The molecule has 0 aliphatic heterocycles. The average Bonchev–Trinajstić information content (AvgIpc) is 2.99. The number of aromatic hydroxyl groups is 2. The predicted octanol–water partition coefficient (Wildman–Crippen LogP) is 7.74. The van der Waals surface area contributed by atoms with E-state index in [1.54, 1.807) is 85.2 Å². The van der Waals surface area contributed by atoms with E-state index in [2.05, 4.69) is 9.98 Å². The van der Waals surface area contributed by atoms with Crippen LogP contribution in [0.2, 0.25) is 0 Å². The minimum Gasteiger partial charge on any atom is -0.508 e. The quantitative estimate of drug-likeness (QED) is 0.205. The fourth-order valence-electron chi connectivity index (χ4n) is 4.52. The summed E-state index contributed by atoms with van der Waals surface area (Å²) in [6, 6.07) is 34.9. The van der Waals surface area contributed by atoms with Gasteiger partial charge in [0.15, 0.2) is 0 Å². The summed E-state index contributed by atoms with van der Waals surface area (Å²) in [5.74, 6) is 0.443. The molecule has 0 aliphatic rings. The van der Waals surface area contributed by atoms with Gasteiger partial charge in [0.2, 0.25) is 9.84 Å². The summed E-state index contributed by atoms with van der Waals surface area (Å²) in [5, 5.41) is 23.1. The van der Waals surface area contributed by atoms with E-state index in [9.17, 15) is 18.6 Å². The first-order chi connectivity index (χ1) is 19.8. The summed E-state index contributed by atoms with van der Waals surface area (Å²) in [6.45, 7) is 0. The summed E-state index contributed by atoms with van der Waals surface area (Å²) in [6.07, 6.45) is 3.44. The van der Waals surface area contributed by atoms with Crippen LogP contribution in [0.15, 0.2) is 141 Å². The van der Waals surface area contributed by atoms with Gasteiger partial charge in [0.1, 0.15) is 11.5 Å².